The molecule has 0 spiro atoms. The highest BCUT2D eigenvalue weighted by atomic mass is 16.3. The van der Waals surface area contributed by atoms with E-state index in [1.54, 1.807) is 0 Å². The molecule has 0 aromatic rings. The first kappa shape index (κ1) is 18.2. The van der Waals surface area contributed by atoms with Crippen molar-refractivity contribution in [1.29, 1.82) is 0 Å². The molecule has 0 aromatic carbocycles. The standard InChI is InChI=1S/2C6H14O2/c1-6(5-8)3-2-4-7;1-2-6(5-8)3-4-7/h2*6-8H,2-5H2,1H3. The molecular formula is C12H28O4. The average Bonchev–Trinajstić information content (AvgIpc) is 2.33. The van der Waals surface area contributed by atoms with Crippen LogP contribution < -0.4 is 0 Å². The number of aliphatic hydroxyl groups is 4. The molecule has 2 atom stereocenters. The summed E-state index contributed by atoms with van der Waals surface area (Å²) in [6, 6.07) is 0. The Balaban J connectivity index is 0. The first-order chi connectivity index (χ1) is 7.65. The Morgan fingerprint density at radius 1 is 0.875 bits per heavy atom. The van der Waals surface area contributed by atoms with Crippen molar-refractivity contribution in [3.8, 4) is 0 Å². The third-order valence-electron chi connectivity index (χ3n) is 2.54. The van der Waals surface area contributed by atoms with Gasteiger partial charge < -0.3 is 20.4 Å². The molecule has 100 valence electrons. The molecule has 0 heterocycles. The van der Waals surface area contributed by atoms with Crippen LogP contribution >= 0.6 is 0 Å². The highest BCUT2D eigenvalue weighted by Crippen LogP contribution is 2.04. The minimum Gasteiger partial charge on any atom is -0.396 e. The number of hydrogen-bond donors (Lipinski definition) is 4. The van der Waals surface area contributed by atoms with Crippen molar-refractivity contribution in [3.05, 3.63) is 0 Å². The largest absolute Gasteiger partial charge is 0.396 e. The fraction of sp³-hybridized carbons (Fsp3) is 1.00. The molecule has 4 N–H and O–H groups in total. The molecule has 0 rings (SSSR count). The fourth-order valence-corrected chi connectivity index (χ4v) is 1.14. The summed E-state index contributed by atoms with van der Waals surface area (Å²) in [6.45, 7) is 4.85. The molecular weight excluding hydrogens is 208 g/mol. The molecule has 0 aliphatic rings. The molecule has 4 heteroatoms. The molecule has 0 amide bonds. The maximum atomic E-state index is 8.55. The Hall–Kier alpha value is -0.160. The predicted octanol–water partition coefficient (Wildman–Crippen LogP) is 0.775. The Labute approximate surface area is 98.9 Å². The smallest absolute Gasteiger partial charge is 0.0460 e. The molecule has 0 saturated carbocycles. The molecule has 0 saturated heterocycles. The maximum Gasteiger partial charge on any atom is 0.0460 e. The van der Waals surface area contributed by atoms with Gasteiger partial charge in [0.1, 0.15) is 0 Å². The lowest BCUT2D eigenvalue weighted by Crippen LogP contribution is -2.05. The van der Waals surface area contributed by atoms with Gasteiger partial charge in [0.25, 0.3) is 0 Å². The van der Waals surface area contributed by atoms with Crippen LogP contribution in [0.3, 0.4) is 0 Å². The molecule has 16 heavy (non-hydrogen) atoms. The Bertz CT molecular complexity index is 116. The Morgan fingerprint density at radius 3 is 1.75 bits per heavy atom. The van der Waals surface area contributed by atoms with E-state index >= 15 is 0 Å². The van der Waals surface area contributed by atoms with Gasteiger partial charge in [0.15, 0.2) is 0 Å². The third kappa shape index (κ3) is 13.8. The van der Waals surface area contributed by atoms with Crippen LogP contribution in [0.5, 0.6) is 0 Å². The van der Waals surface area contributed by atoms with Crippen LogP contribution in [0.2, 0.25) is 0 Å². The van der Waals surface area contributed by atoms with Gasteiger partial charge in [-0.1, -0.05) is 20.3 Å². The van der Waals surface area contributed by atoms with Crippen LogP contribution in [-0.4, -0.2) is 46.9 Å². The highest BCUT2D eigenvalue weighted by molar-refractivity contribution is 4.52. The second kappa shape index (κ2) is 14.8. The first-order valence-electron chi connectivity index (χ1n) is 6.09. The molecule has 2 unspecified atom stereocenters. The highest BCUT2D eigenvalue weighted by Gasteiger charge is 2.00. The van der Waals surface area contributed by atoms with Crippen molar-refractivity contribution in [2.75, 3.05) is 26.4 Å². The number of rotatable bonds is 8. The topological polar surface area (TPSA) is 80.9 Å². The molecule has 0 aliphatic heterocycles. The van der Waals surface area contributed by atoms with Crippen molar-refractivity contribution in [2.24, 2.45) is 11.8 Å². The zero-order valence-electron chi connectivity index (χ0n) is 10.6. The van der Waals surface area contributed by atoms with E-state index in [2.05, 4.69) is 0 Å². The maximum absolute atomic E-state index is 8.55. The van der Waals surface area contributed by atoms with E-state index in [1.807, 2.05) is 13.8 Å². The molecule has 0 aromatic heterocycles. The monoisotopic (exact) mass is 236 g/mol. The fourth-order valence-electron chi connectivity index (χ4n) is 1.14. The van der Waals surface area contributed by atoms with Crippen molar-refractivity contribution in [3.63, 3.8) is 0 Å². The minimum atomic E-state index is 0.194. The van der Waals surface area contributed by atoms with E-state index in [4.69, 9.17) is 20.4 Å². The summed E-state index contributed by atoms with van der Waals surface area (Å²) in [4.78, 5) is 0. The number of aliphatic hydroxyl groups excluding tert-OH is 4. The van der Waals surface area contributed by atoms with E-state index in [0.717, 1.165) is 25.7 Å². The van der Waals surface area contributed by atoms with Crippen LogP contribution in [0.4, 0.5) is 0 Å². The summed E-state index contributed by atoms with van der Waals surface area (Å²) in [5, 5.41) is 33.7. The van der Waals surface area contributed by atoms with E-state index in [9.17, 15) is 0 Å². The van der Waals surface area contributed by atoms with E-state index in [0.29, 0.717) is 11.8 Å². The van der Waals surface area contributed by atoms with Crippen molar-refractivity contribution >= 4 is 0 Å². The normalized spacial score (nSPS) is 13.9. The van der Waals surface area contributed by atoms with Crippen molar-refractivity contribution in [2.45, 2.75) is 39.5 Å². The van der Waals surface area contributed by atoms with E-state index in [1.165, 1.54) is 0 Å². The zero-order chi connectivity index (χ0) is 12.8. The average molecular weight is 236 g/mol. The van der Waals surface area contributed by atoms with Crippen LogP contribution in [0.15, 0.2) is 0 Å². The van der Waals surface area contributed by atoms with Gasteiger partial charge in [0.05, 0.1) is 0 Å². The molecule has 0 fully saturated rings. The summed E-state index contributed by atoms with van der Waals surface area (Å²) in [6.07, 6.45) is 3.42. The summed E-state index contributed by atoms with van der Waals surface area (Å²) in [7, 11) is 0. The molecule has 0 bridgehead atoms. The lowest BCUT2D eigenvalue weighted by Gasteiger charge is -2.06. The zero-order valence-corrected chi connectivity index (χ0v) is 10.6. The van der Waals surface area contributed by atoms with Gasteiger partial charge in [-0.25, -0.2) is 0 Å². The van der Waals surface area contributed by atoms with Gasteiger partial charge in [-0.3, -0.25) is 0 Å². The second-order valence-corrected chi connectivity index (χ2v) is 4.12. The van der Waals surface area contributed by atoms with Gasteiger partial charge in [0, 0.05) is 26.4 Å². The summed E-state index contributed by atoms with van der Waals surface area (Å²) >= 11 is 0. The van der Waals surface area contributed by atoms with Gasteiger partial charge in [-0.2, -0.15) is 0 Å². The van der Waals surface area contributed by atoms with E-state index < -0.39 is 0 Å². The van der Waals surface area contributed by atoms with Crippen LogP contribution in [-0.2, 0) is 0 Å². The lowest BCUT2D eigenvalue weighted by atomic mass is 10.1. The van der Waals surface area contributed by atoms with Crippen LogP contribution in [0.25, 0.3) is 0 Å². The lowest BCUT2D eigenvalue weighted by molar-refractivity contribution is 0.180. The van der Waals surface area contributed by atoms with Gasteiger partial charge >= 0.3 is 0 Å². The molecule has 0 aliphatic carbocycles. The summed E-state index contributed by atoms with van der Waals surface area (Å²) < 4.78 is 0. The summed E-state index contributed by atoms with van der Waals surface area (Å²) in [5.41, 5.74) is 0. The van der Waals surface area contributed by atoms with Gasteiger partial charge in [-0.05, 0) is 31.1 Å². The summed E-state index contributed by atoms with van der Waals surface area (Å²) in [5.74, 6) is 0.655. The van der Waals surface area contributed by atoms with Crippen molar-refractivity contribution < 1.29 is 20.4 Å². The van der Waals surface area contributed by atoms with Gasteiger partial charge in [0.2, 0.25) is 0 Å². The second-order valence-electron chi connectivity index (χ2n) is 4.12. The number of hydrogen-bond acceptors (Lipinski definition) is 4. The quantitative estimate of drug-likeness (QED) is 0.502. The molecule has 4 nitrogen and oxygen atoms in total. The Morgan fingerprint density at radius 2 is 1.50 bits per heavy atom. The third-order valence-corrected chi connectivity index (χ3v) is 2.54. The van der Waals surface area contributed by atoms with Crippen molar-refractivity contribution in [1.82, 2.24) is 0 Å². The van der Waals surface area contributed by atoms with Crippen LogP contribution in [0.1, 0.15) is 39.5 Å². The first-order valence-corrected chi connectivity index (χ1v) is 6.09. The molecule has 0 radical (unpaired) electrons. The SMILES string of the molecule is CC(CO)CCCO.CCC(CO)CCO. The van der Waals surface area contributed by atoms with E-state index in [-0.39, 0.29) is 26.4 Å². The van der Waals surface area contributed by atoms with Gasteiger partial charge in [-0.15, -0.1) is 0 Å². The minimum absolute atomic E-state index is 0.194. The van der Waals surface area contributed by atoms with Crippen LogP contribution in [0, 0.1) is 11.8 Å². The Kier molecular flexibility index (Phi) is 16.9. The predicted molar refractivity (Wildman–Crippen MR) is 65.1 cm³/mol.